The quantitative estimate of drug-likeness (QED) is 0.581. The molecule has 0 unspecified atom stereocenters. The summed E-state index contributed by atoms with van der Waals surface area (Å²) in [7, 11) is 0. The van der Waals surface area contributed by atoms with Crippen molar-refractivity contribution in [3.05, 3.63) is 65.2 Å². The molecular weight excluding hydrogens is 390 g/mol. The molecule has 8 heteroatoms. The number of imide groups is 1. The fourth-order valence-corrected chi connectivity index (χ4v) is 3.68. The maximum absolute atomic E-state index is 12.5. The Labute approximate surface area is 172 Å². The van der Waals surface area contributed by atoms with Gasteiger partial charge >= 0.3 is 12.0 Å². The van der Waals surface area contributed by atoms with E-state index < -0.39 is 24.0 Å². The minimum atomic E-state index is -1.21. The van der Waals surface area contributed by atoms with Gasteiger partial charge in [0.25, 0.3) is 5.91 Å². The Morgan fingerprint density at radius 1 is 1.07 bits per heavy atom. The number of carbonyl (C=O) groups excluding carboxylic acids is 3. The summed E-state index contributed by atoms with van der Waals surface area (Å²) in [6.07, 6.45) is -0.712. The molecule has 3 amide bonds. The largest absolute Gasteiger partial charge is 0.447 e. The van der Waals surface area contributed by atoms with Gasteiger partial charge in [-0.25, -0.2) is 9.78 Å². The molecule has 2 aromatic carbocycles. The van der Waals surface area contributed by atoms with Crippen molar-refractivity contribution in [3.8, 4) is 0 Å². The highest BCUT2D eigenvalue weighted by atomic mass is 32.1. The number of ether oxygens (including phenoxy) is 1. The highest BCUT2D eigenvalue weighted by Gasteiger charge is 2.26. The summed E-state index contributed by atoms with van der Waals surface area (Å²) in [6.45, 7) is 2.11. The Balaban J connectivity index is 1.65. The fraction of sp³-hybridized carbons (Fsp3) is 0.238. The zero-order valence-corrected chi connectivity index (χ0v) is 16.7. The number of hydrogen-bond acceptors (Lipinski definition) is 6. The molecule has 0 aliphatic heterocycles. The van der Waals surface area contributed by atoms with Crippen molar-refractivity contribution in [3.63, 3.8) is 0 Å². The second-order valence-electron chi connectivity index (χ2n) is 6.20. The SMILES string of the molecule is CCNC(=O)NC(=O)[C@H](OC(=O)CCc1nc2ccccc2s1)c1ccccc1. The van der Waals surface area contributed by atoms with Gasteiger partial charge in [0.2, 0.25) is 6.10 Å². The molecule has 0 radical (unpaired) electrons. The third kappa shape index (κ3) is 5.61. The predicted molar refractivity (Wildman–Crippen MR) is 110 cm³/mol. The molecule has 2 N–H and O–H groups in total. The van der Waals surface area contributed by atoms with Crippen molar-refractivity contribution < 1.29 is 19.1 Å². The number of para-hydroxylation sites is 1. The molecule has 0 aliphatic carbocycles. The Hall–Kier alpha value is -3.26. The van der Waals surface area contributed by atoms with Gasteiger partial charge in [-0.2, -0.15) is 0 Å². The Morgan fingerprint density at radius 2 is 1.79 bits per heavy atom. The zero-order valence-electron chi connectivity index (χ0n) is 15.9. The molecule has 0 saturated heterocycles. The van der Waals surface area contributed by atoms with Crippen LogP contribution in [0.5, 0.6) is 0 Å². The van der Waals surface area contributed by atoms with E-state index in [9.17, 15) is 14.4 Å². The van der Waals surface area contributed by atoms with Crippen LogP contribution in [0.25, 0.3) is 10.2 Å². The Morgan fingerprint density at radius 3 is 2.52 bits per heavy atom. The number of benzene rings is 2. The van der Waals surface area contributed by atoms with Crippen LogP contribution in [0.3, 0.4) is 0 Å². The number of aryl methyl sites for hydroxylation is 1. The van der Waals surface area contributed by atoms with Crippen LogP contribution in [0.4, 0.5) is 4.79 Å². The monoisotopic (exact) mass is 411 g/mol. The van der Waals surface area contributed by atoms with Crippen LogP contribution in [0.15, 0.2) is 54.6 Å². The number of fused-ring (bicyclic) bond motifs is 1. The molecule has 3 aromatic rings. The normalized spacial score (nSPS) is 11.6. The first-order valence-corrected chi connectivity index (χ1v) is 10.1. The number of carbonyl (C=O) groups is 3. The van der Waals surface area contributed by atoms with Crippen LogP contribution in [0, 0.1) is 0 Å². The predicted octanol–water partition coefficient (Wildman–Crippen LogP) is 3.36. The Kier molecular flexibility index (Phi) is 6.91. The van der Waals surface area contributed by atoms with Crippen molar-refractivity contribution in [1.29, 1.82) is 0 Å². The first kappa shape index (κ1) is 20.5. The molecule has 29 heavy (non-hydrogen) atoms. The third-order valence-electron chi connectivity index (χ3n) is 4.04. The molecule has 1 aromatic heterocycles. The van der Waals surface area contributed by atoms with E-state index in [2.05, 4.69) is 15.6 Å². The molecule has 0 aliphatic rings. The summed E-state index contributed by atoms with van der Waals surface area (Å²) in [5.41, 5.74) is 1.38. The van der Waals surface area contributed by atoms with E-state index in [1.807, 2.05) is 24.3 Å². The van der Waals surface area contributed by atoms with Gasteiger partial charge in [0.05, 0.1) is 21.6 Å². The van der Waals surface area contributed by atoms with Crippen molar-refractivity contribution in [2.24, 2.45) is 0 Å². The number of aromatic nitrogens is 1. The molecule has 0 bridgehead atoms. The fourth-order valence-electron chi connectivity index (χ4n) is 2.71. The lowest BCUT2D eigenvalue weighted by Crippen LogP contribution is -2.42. The van der Waals surface area contributed by atoms with Crippen molar-refractivity contribution in [2.45, 2.75) is 25.9 Å². The topological polar surface area (TPSA) is 97.4 Å². The van der Waals surface area contributed by atoms with Crippen LogP contribution in [0.1, 0.15) is 30.0 Å². The van der Waals surface area contributed by atoms with E-state index in [4.69, 9.17) is 4.74 Å². The maximum atomic E-state index is 12.5. The highest BCUT2D eigenvalue weighted by Crippen LogP contribution is 2.23. The van der Waals surface area contributed by atoms with Gasteiger partial charge in [0, 0.05) is 18.5 Å². The lowest BCUT2D eigenvalue weighted by Gasteiger charge is -2.17. The second kappa shape index (κ2) is 9.79. The van der Waals surface area contributed by atoms with Gasteiger partial charge in [-0.3, -0.25) is 14.9 Å². The number of nitrogens with zero attached hydrogens (tertiary/aromatic N) is 1. The van der Waals surface area contributed by atoms with Crippen molar-refractivity contribution >= 4 is 39.5 Å². The number of thiazole rings is 1. The number of rotatable bonds is 7. The number of urea groups is 1. The molecular formula is C21H21N3O4S. The number of esters is 1. The van der Waals surface area contributed by atoms with E-state index in [0.29, 0.717) is 18.5 Å². The minimum absolute atomic E-state index is 0.0809. The highest BCUT2D eigenvalue weighted by molar-refractivity contribution is 7.18. The lowest BCUT2D eigenvalue weighted by atomic mass is 10.1. The number of amides is 3. The van der Waals surface area contributed by atoms with E-state index in [1.54, 1.807) is 37.3 Å². The van der Waals surface area contributed by atoms with E-state index in [-0.39, 0.29) is 6.42 Å². The molecule has 150 valence electrons. The Bertz CT molecular complexity index is 970. The number of hydrogen-bond donors (Lipinski definition) is 2. The minimum Gasteiger partial charge on any atom is -0.447 e. The van der Waals surface area contributed by atoms with Gasteiger partial charge in [0.15, 0.2) is 0 Å². The van der Waals surface area contributed by atoms with Crippen LogP contribution in [0.2, 0.25) is 0 Å². The van der Waals surface area contributed by atoms with E-state index >= 15 is 0 Å². The van der Waals surface area contributed by atoms with Crippen molar-refractivity contribution in [1.82, 2.24) is 15.6 Å². The van der Waals surface area contributed by atoms with Crippen LogP contribution in [-0.2, 0) is 20.7 Å². The summed E-state index contributed by atoms with van der Waals surface area (Å²) >= 11 is 1.52. The van der Waals surface area contributed by atoms with Gasteiger partial charge in [-0.05, 0) is 19.1 Å². The summed E-state index contributed by atoms with van der Waals surface area (Å²) < 4.78 is 6.47. The van der Waals surface area contributed by atoms with Crippen molar-refractivity contribution in [2.75, 3.05) is 6.54 Å². The summed E-state index contributed by atoms with van der Waals surface area (Å²) in [4.78, 5) is 41.1. The molecule has 0 fully saturated rings. The average Bonchev–Trinajstić information content (AvgIpc) is 3.14. The van der Waals surface area contributed by atoms with E-state index in [1.165, 1.54) is 11.3 Å². The molecule has 1 heterocycles. The number of nitrogens with one attached hydrogen (secondary N) is 2. The standard InChI is InChI=1S/C21H21N3O4S/c1-2-22-21(27)24-20(26)19(14-8-4-3-5-9-14)28-18(25)13-12-17-23-15-10-6-7-11-16(15)29-17/h3-11,19H,2,12-13H2,1H3,(H2,22,24,26,27)/t19-/m1/s1. The average molecular weight is 411 g/mol. The lowest BCUT2D eigenvalue weighted by molar-refractivity contribution is -0.156. The molecule has 3 rings (SSSR count). The van der Waals surface area contributed by atoms with E-state index in [0.717, 1.165) is 15.2 Å². The summed E-state index contributed by atoms with van der Waals surface area (Å²) in [5, 5.41) is 5.50. The zero-order chi connectivity index (χ0) is 20.6. The summed E-state index contributed by atoms with van der Waals surface area (Å²) in [6, 6.07) is 15.7. The van der Waals surface area contributed by atoms with Gasteiger partial charge in [-0.15, -0.1) is 11.3 Å². The van der Waals surface area contributed by atoms with Crippen LogP contribution < -0.4 is 10.6 Å². The maximum Gasteiger partial charge on any atom is 0.321 e. The summed E-state index contributed by atoms with van der Waals surface area (Å²) in [5.74, 6) is -1.24. The smallest absolute Gasteiger partial charge is 0.321 e. The first-order valence-electron chi connectivity index (χ1n) is 9.24. The van der Waals surface area contributed by atoms with Gasteiger partial charge in [-0.1, -0.05) is 42.5 Å². The second-order valence-corrected chi connectivity index (χ2v) is 7.32. The molecule has 0 spiro atoms. The molecule has 0 saturated carbocycles. The van der Waals surface area contributed by atoms with Crippen LogP contribution >= 0.6 is 11.3 Å². The molecule has 7 nitrogen and oxygen atoms in total. The first-order chi connectivity index (χ1) is 14.1. The van der Waals surface area contributed by atoms with Gasteiger partial charge < -0.3 is 10.1 Å². The van der Waals surface area contributed by atoms with Gasteiger partial charge in [0.1, 0.15) is 0 Å². The third-order valence-corrected chi connectivity index (χ3v) is 5.14. The molecule has 1 atom stereocenters. The van der Waals surface area contributed by atoms with Crippen LogP contribution in [-0.4, -0.2) is 29.4 Å².